The van der Waals surface area contributed by atoms with Crippen LogP contribution in [0.2, 0.25) is 0 Å². The van der Waals surface area contributed by atoms with Gasteiger partial charge in [-0.05, 0) is 31.2 Å². The van der Waals surface area contributed by atoms with Gasteiger partial charge in [-0.2, -0.15) is 0 Å². The van der Waals surface area contributed by atoms with Gasteiger partial charge in [0.15, 0.2) is 11.4 Å². The van der Waals surface area contributed by atoms with Crippen molar-refractivity contribution in [3.8, 4) is 0 Å². The topological polar surface area (TPSA) is 76.7 Å². The molecule has 3 saturated carbocycles. The fourth-order valence-corrected chi connectivity index (χ4v) is 7.12. The average molecular weight is 344 g/mol. The molecule has 1 saturated heterocycles. The summed E-state index contributed by atoms with van der Waals surface area (Å²) in [5, 5.41) is 11.5. The zero-order valence-electron chi connectivity index (χ0n) is 14.9. The molecule has 25 heavy (non-hydrogen) atoms. The predicted octanol–water partition coefficient (Wildman–Crippen LogP) is 2.81. The summed E-state index contributed by atoms with van der Waals surface area (Å²) in [6.07, 6.45) is 5.89. The number of hydrogen-bond acceptors (Lipinski definition) is 5. The van der Waals surface area contributed by atoms with Crippen molar-refractivity contribution in [3.05, 3.63) is 24.2 Å². The van der Waals surface area contributed by atoms with Crippen molar-refractivity contribution >= 4 is 11.8 Å². The lowest BCUT2D eigenvalue weighted by Crippen LogP contribution is -2.81. The molecule has 5 heteroatoms. The van der Waals surface area contributed by atoms with Crippen LogP contribution in [-0.2, 0) is 19.9 Å². The molecule has 1 aromatic heterocycles. The van der Waals surface area contributed by atoms with E-state index in [0.717, 1.165) is 19.3 Å². The zero-order valence-corrected chi connectivity index (χ0v) is 14.9. The van der Waals surface area contributed by atoms with Crippen molar-refractivity contribution in [2.45, 2.75) is 58.2 Å². The highest BCUT2D eigenvalue weighted by Crippen LogP contribution is 2.78. The molecule has 1 aromatic rings. The van der Waals surface area contributed by atoms with E-state index in [1.807, 2.05) is 13.8 Å². The highest BCUT2D eigenvalue weighted by molar-refractivity contribution is 6.02. The van der Waals surface area contributed by atoms with Crippen molar-refractivity contribution in [1.82, 2.24) is 0 Å². The molecule has 2 heterocycles. The van der Waals surface area contributed by atoms with Crippen molar-refractivity contribution in [3.63, 3.8) is 0 Å². The third-order valence-electron chi connectivity index (χ3n) is 8.70. The molecule has 5 rings (SSSR count). The molecule has 1 aliphatic heterocycles. The highest BCUT2D eigenvalue weighted by Gasteiger charge is 2.85. The van der Waals surface area contributed by atoms with E-state index < -0.39 is 16.4 Å². The van der Waals surface area contributed by atoms with Gasteiger partial charge in [-0.3, -0.25) is 9.59 Å². The number of Topliss-reactive ketones (excluding diaryl/α,β-unsaturated/α-hetero) is 1. The standard InChI is InChI=1S/C20H24O5/c1-17-9-14-18(2)12(15(21)25-14)5-4-6-13(18)19(17,3)16(22)20(17,23)11-7-8-24-10-11/h7-8,10,12-14,23H,4-6,9H2,1-3H3/t12-,13-,14-,17-,18-,19-,20+/m0/s1. The first-order valence-corrected chi connectivity index (χ1v) is 9.23. The Kier molecular flexibility index (Phi) is 2.62. The van der Waals surface area contributed by atoms with Crippen LogP contribution in [0.4, 0.5) is 0 Å². The fraction of sp³-hybridized carbons (Fsp3) is 0.700. The third kappa shape index (κ3) is 1.31. The monoisotopic (exact) mass is 344 g/mol. The molecule has 7 atom stereocenters. The molecule has 0 aromatic carbocycles. The van der Waals surface area contributed by atoms with Crippen molar-refractivity contribution in [2.24, 2.45) is 28.1 Å². The van der Waals surface area contributed by atoms with Crippen molar-refractivity contribution in [2.75, 3.05) is 0 Å². The molecule has 5 nitrogen and oxygen atoms in total. The Hall–Kier alpha value is -1.62. The van der Waals surface area contributed by atoms with Crippen LogP contribution in [0, 0.1) is 28.1 Å². The van der Waals surface area contributed by atoms with Crippen LogP contribution in [0.5, 0.6) is 0 Å². The molecule has 0 radical (unpaired) electrons. The Bertz CT molecular complexity index is 784. The van der Waals surface area contributed by atoms with Gasteiger partial charge in [-0.1, -0.05) is 27.2 Å². The molecule has 0 unspecified atom stereocenters. The normalized spacial score (nSPS) is 53.7. The highest BCUT2D eigenvalue weighted by atomic mass is 16.6. The van der Waals surface area contributed by atoms with Gasteiger partial charge in [-0.25, -0.2) is 0 Å². The van der Waals surface area contributed by atoms with E-state index in [9.17, 15) is 14.7 Å². The van der Waals surface area contributed by atoms with Crippen LogP contribution in [0.15, 0.2) is 23.0 Å². The fourth-order valence-electron chi connectivity index (χ4n) is 7.12. The summed E-state index contributed by atoms with van der Waals surface area (Å²) in [6.45, 7) is 6.11. The second-order valence-electron chi connectivity index (χ2n) is 9.12. The van der Waals surface area contributed by atoms with E-state index in [0.29, 0.717) is 12.0 Å². The Morgan fingerprint density at radius 1 is 1.20 bits per heavy atom. The number of carbonyl (C=O) groups is 2. The minimum absolute atomic E-state index is 0.0497. The number of ketones is 1. The first-order valence-electron chi connectivity index (χ1n) is 9.23. The van der Waals surface area contributed by atoms with E-state index in [1.54, 1.807) is 6.07 Å². The number of fused-ring (bicyclic) bond motifs is 2. The summed E-state index contributed by atoms with van der Waals surface area (Å²) in [4.78, 5) is 25.9. The molecule has 4 aliphatic rings. The Morgan fingerprint density at radius 2 is 1.96 bits per heavy atom. The Morgan fingerprint density at radius 3 is 2.64 bits per heavy atom. The Balaban J connectivity index is 1.69. The second kappa shape index (κ2) is 4.20. The van der Waals surface area contributed by atoms with Crippen molar-refractivity contribution < 1.29 is 23.8 Å². The SMILES string of the molecule is C[C@@]12[C@@H]3C[C@]4(C)[C@@](O)(c5ccoc5)C(=O)[C@]4(C)[C@H]1CCC[C@H]2C(=O)O3. The Labute approximate surface area is 146 Å². The van der Waals surface area contributed by atoms with Crippen LogP contribution in [0.25, 0.3) is 0 Å². The lowest BCUT2D eigenvalue weighted by Gasteiger charge is -2.73. The molecule has 0 bridgehead atoms. The third-order valence-corrected chi connectivity index (χ3v) is 8.70. The molecule has 0 amide bonds. The smallest absolute Gasteiger partial charge is 0.309 e. The van der Waals surface area contributed by atoms with Crippen molar-refractivity contribution in [1.29, 1.82) is 0 Å². The van der Waals surface area contributed by atoms with E-state index in [2.05, 4.69) is 6.92 Å². The van der Waals surface area contributed by atoms with Gasteiger partial charge in [0.1, 0.15) is 6.10 Å². The largest absolute Gasteiger partial charge is 0.472 e. The molecular weight excluding hydrogens is 320 g/mol. The molecule has 1 N–H and O–H groups in total. The van der Waals surface area contributed by atoms with Crippen LogP contribution in [-0.4, -0.2) is 23.0 Å². The maximum Gasteiger partial charge on any atom is 0.309 e. The first-order chi connectivity index (χ1) is 11.7. The van der Waals surface area contributed by atoms with E-state index >= 15 is 0 Å². The molecule has 134 valence electrons. The van der Waals surface area contributed by atoms with E-state index in [4.69, 9.17) is 9.15 Å². The number of furan rings is 1. The number of hydrogen-bond donors (Lipinski definition) is 1. The average Bonchev–Trinajstić information content (AvgIpc) is 3.19. The number of esters is 1. The number of rotatable bonds is 1. The minimum atomic E-state index is -1.57. The summed E-state index contributed by atoms with van der Waals surface area (Å²) in [5.74, 6) is -0.319. The molecule has 0 spiro atoms. The van der Waals surface area contributed by atoms with Gasteiger partial charge in [-0.15, -0.1) is 0 Å². The first kappa shape index (κ1) is 15.6. The summed E-state index contributed by atoms with van der Waals surface area (Å²) in [6, 6.07) is 1.67. The maximum atomic E-state index is 13.4. The van der Waals surface area contributed by atoms with Gasteiger partial charge >= 0.3 is 5.97 Å². The summed E-state index contributed by atoms with van der Waals surface area (Å²) < 4.78 is 11.0. The lowest BCUT2D eigenvalue weighted by molar-refractivity contribution is -0.290. The number of carbonyl (C=O) groups excluding carboxylic acids is 2. The summed E-state index contributed by atoms with van der Waals surface area (Å²) in [7, 11) is 0. The lowest BCUT2D eigenvalue weighted by atomic mass is 9.28. The second-order valence-corrected chi connectivity index (χ2v) is 9.12. The van der Waals surface area contributed by atoms with Gasteiger partial charge in [0.05, 0.1) is 18.4 Å². The molecule has 3 aliphatic carbocycles. The quantitative estimate of drug-likeness (QED) is 0.793. The zero-order chi connectivity index (χ0) is 17.8. The maximum absolute atomic E-state index is 13.4. The minimum Gasteiger partial charge on any atom is -0.472 e. The van der Waals surface area contributed by atoms with Crippen LogP contribution < -0.4 is 0 Å². The predicted molar refractivity (Wildman–Crippen MR) is 87.3 cm³/mol. The number of aliphatic hydroxyl groups is 1. The number of ether oxygens (including phenoxy) is 1. The van der Waals surface area contributed by atoms with Crippen LogP contribution in [0.3, 0.4) is 0 Å². The van der Waals surface area contributed by atoms with E-state index in [1.165, 1.54) is 12.5 Å². The van der Waals surface area contributed by atoms with Gasteiger partial charge < -0.3 is 14.3 Å². The van der Waals surface area contributed by atoms with E-state index in [-0.39, 0.29) is 35.1 Å². The summed E-state index contributed by atoms with van der Waals surface area (Å²) >= 11 is 0. The van der Waals surface area contributed by atoms with Crippen LogP contribution in [0.1, 0.15) is 52.0 Å². The van der Waals surface area contributed by atoms with Gasteiger partial charge in [0, 0.05) is 21.8 Å². The summed E-state index contributed by atoms with van der Waals surface area (Å²) in [5.41, 5.74) is -2.70. The molecular formula is C20H24O5. The van der Waals surface area contributed by atoms with Gasteiger partial charge in [0.25, 0.3) is 0 Å². The van der Waals surface area contributed by atoms with Gasteiger partial charge in [0.2, 0.25) is 0 Å². The van der Waals surface area contributed by atoms with Crippen LogP contribution >= 0.6 is 0 Å². The molecule has 4 fully saturated rings.